The molecule has 0 spiro atoms. The zero-order chi connectivity index (χ0) is 18.7. The summed E-state index contributed by atoms with van der Waals surface area (Å²) in [6.07, 6.45) is 1.92. The molecule has 4 nitrogen and oxygen atoms in total. The fourth-order valence-electron chi connectivity index (χ4n) is 2.81. The van der Waals surface area contributed by atoms with Gasteiger partial charge in [0.25, 0.3) is 5.91 Å². The molecule has 0 radical (unpaired) electrons. The first-order valence-electron chi connectivity index (χ1n) is 8.12. The highest BCUT2D eigenvalue weighted by molar-refractivity contribution is 7.16. The molecule has 0 aliphatic heterocycles. The molecule has 1 amide bonds. The van der Waals surface area contributed by atoms with Gasteiger partial charge in [0.2, 0.25) is 0 Å². The van der Waals surface area contributed by atoms with Crippen molar-refractivity contribution in [1.82, 2.24) is 4.57 Å². The van der Waals surface area contributed by atoms with E-state index in [2.05, 4.69) is 11.6 Å². The van der Waals surface area contributed by atoms with Gasteiger partial charge < -0.3 is 9.30 Å². The predicted octanol–water partition coefficient (Wildman–Crippen LogP) is 4.01. The number of rotatable bonds is 5. The van der Waals surface area contributed by atoms with E-state index in [-0.39, 0.29) is 18.1 Å². The Morgan fingerprint density at radius 1 is 1.35 bits per heavy atom. The van der Waals surface area contributed by atoms with Crippen molar-refractivity contribution in [1.29, 1.82) is 0 Å². The van der Waals surface area contributed by atoms with Gasteiger partial charge >= 0.3 is 0 Å². The van der Waals surface area contributed by atoms with Gasteiger partial charge in [-0.15, -0.1) is 6.58 Å². The van der Waals surface area contributed by atoms with Crippen molar-refractivity contribution in [3.05, 3.63) is 70.8 Å². The zero-order valence-corrected chi connectivity index (χ0v) is 15.5. The second kappa shape index (κ2) is 7.66. The molecule has 26 heavy (non-hydrogen) atoms. The van der Waals surface area contributed by atoms with Crippen LogP contribution in [0.15, 0.2) is 54.0 Å². The van der Waals surface area contributed by atoms with Crippen molar-refractivity contribution < 1.29 is 13.9 Å². The summed E-state index contributed by atoms with van der Waals surface area (Å²) in [4.78, 5) is 17.2. The number of allylic oxidation sites excluding steroid dienone is 1. The lowest BCUT2D eigenvalue weighted by atomic mass is 10.1. The molecular formula is C20H19FN2O2S. The van der Waals surface area contributed by atoms with Crippen LogP contribution in [0.3, 0.4) is 0 Å². The SMILES string of the molecule is C=CCn1c(=NC(=O)Cc2ccc(OC)c(C)c2)sc2cc(F)ccc21. The molecular weight excluding hydrogens is 351 g/mol. The molecule has 0 aliphatic carbocycles. The zero-order valence-electron chi connectivity index (χ0n) is 14.7. The number of aromatic nitrogens is 1. The number of nitrogens with zero attached hydrogens (tertiary/aromatic N) is 2. The molecule has 3 rings (SSSR count). The van der Waals surface area contributed by atoms with Gasteiger partial charge in [-0.2, -0.15) is 4.99 Å². The average Bonchev–Trinajstić information content (AvgIpc) is 2.91. The van der Waals surface area contributed by atoms with Crippen molar-refractivity contribution in [2.45, 2.75) is 19.9 Å². The lowest BCUT2D eigenvalue weighted by Gasteiger charge is -2.06. The third kappa shape index (κ3) is 3.75. The van der Waals surface area contributed by atoms with Gasteiger partial charge in [-0.25, -0.2) is 4.39 Å². The molecule has 0 N–H and O–H groups in total. The Morgan fingerprint density at radius 3 is 2.85 bits per heavy atom. The minimum atomic E-state index is -0.309. The van der Waals surface area contributed by atoms with Crippen LogP contribution in [0.4, 0.5) is 4.39 Å². The maximum atomic E-state index is 13.5. The van der Waals surface area contributed by atoms with Gasteiger partial charge in [-0.3, -0.25) is 4.79 Å². The number of hydrogen-bond acceptors (Lipinski definition) is 3. The number of methoxy groups -OCH3 is 1. The van der Waals surface area contributed by atoms with Crippen molar-refractivity contribution in [3.8, 4) is 5.75 Å². The van der Waals surface area contributed by atoms with Crippen molar-refractivity contribution >= 4 is 27.5 Å². The second-order valence-electron chi connectivity index (χ2n) is 5.88. The number of ether oxygens (including phenoxy) is 1. The van der Waals surface area contributed by atoms with E-state index in [1.165, 1.54) is 23.5 Å². The number of amides is 1. The van der Waals surface area contributed by atoms with Crippen LogP contribution in [0.25, 0.3) is 10.2 Å². The van der Waals surface area contributed by atoms with Crippen LogP contribution in [0.5, 0.6) is 5.75 Å². The van der Waals surface area contributed by atoms with Crippen LogP contribution in [0.1, 0.15) is 11.1 Å². The molecule has 0 unspecified atom stereocenters. The van der Waals surface area contributed by atoms with E-state index in [1.807, 2.05) is 29.7 Å². The van der Waals surface area contributed by atoms with Crippen LogP contribution in [0, 0.1) is 12.7 Å². The molecule has 134 valence electrons. The van der Waals surface area contributed by atoms with Crippen LogP contribution in [-0.4, -0.2) is 17.6 Å². The van der Waals surface area contributed by atoms with Crippen LogP contribution in [-0.2, 0) is 17.8 Å². The van der Waals surface area contributed by atoms with Crippen LogP contribution < -0.4 is 9.54 Å². The van der Waals surface area contributed by atoms with Crippen molar-refractivity contribution in [3.63, 3.8) is 0 Å². The first kappa shape index (κ1) is 18.1. The first-order valence-corrected chi connectivity index (χ1v) is 8.94. The largest absolute Gasteiger partial charge is 0.496 e. The molecule has 0 aliphatic rings. The number of halogens is 1. The molecule has 0 atom stereocenters. The summed E-state index contributed by atoms with van der Waals surface area (Å²) < 4.78 is 21.3. The number of carbonyl (C=O) groups excluding carboxylic acids is 1. The summed E-state index contributed by atoms with van der Waals surface area (Å²) in [5, 5.41) is 0. The highest BCUT2D eigenvalue weighted by Gasteiger charge is 2.09. The Bertz CT molecular complexity index is 1050. The number of fused-ring (bicyclic) bond motifs is 1. The highest BCUT2D eigenvalue weighted by atomic mass is 32.1. The third-order valence-corrected chi connectivity index (χ3v) is 5.03. The smallest absolute Gasteiger partial charge is 0.252 e. The lowest BCUT2D eigenvalue weighted by molar-refractivity contribution is -0.117. The van der Waals surface area contributed by atoms with E-state index in [1.54, 1.807) is 19.3 Å². The molecule has 0 bridgehead atoms. The summed E-state index contributed by atoms with van der Waals surface area (Å²) in [5.41, 5.74) is 2.68. The van der Waals surface area contributed by atoms with Gasteiger partial charge in [0.1, 0.15) is 11.6 Å². The molecule has 0 fully saturated rings. The third-order valence-electron chi connectivity index (χ3n) is 3.99. The Balaban J connectivity index is 1.95. The van der Waals surface area contributed by atoms with E-state index in [0.29, 0.717) is 11.3 Å². The summed E-state index contributed by atoms with van der Waals surface area (Å²) in [5.74, 6) is 0.226. The molecule has 6 heteroatoms. The predicted molar refractivity (Wildman–Crippen MR) is 102 cm³/mol. The van der Waals surface area contributed by atoms with E-state index in [9.17, 15) is 9.18 Å². The van der Waals surface area contributed by atoms with E-state index < -0.39 is 0 Å². The Hall–Kier alpha value is -2.73. The van der Waals surface area contributed by atoms with Gasteiger partial charge in [0.05, 0.1) is 23.7 Å². The summed E-state index contributed by atoms with van der Waals surface area (Å²) in [6.45, 7) is 6.18. The molecule has 2 aromatic carbocycles. The number of aryl methyl sites for hydroxylation is 1. The summed E-state index contributed by atoms with van der Waals surface area (Å²) in [6, 6.07) is 10.2. The van der Waals surface area contributed by atoms with Crippen molar-refractivity contribution in [2.24, 2.45) is 4.99 Å². The minimum absolute atomic E-state index is 0.196. The first-order chi connectivity index (χ1) is 12.5. The maximum Gasteiger partial charge on any atom is 0.252 e. The van der Waals surface area contributed by atoms with E-state index in [4.69, 9.17) is 4.74 Å². The van der Waals surface area contributed by atoms with Crippen LogP contribution >= 0.6 is 11.3 Å². The number of thiazole rings is 1. The highest BCUT2D eigenvalue weighted by Crippen LogP contribution is 2.20. The van der Waals surface area contributed by atoms with E-state index in [0.717, 1.165) is 27.1 Å². The molecule has 3 aromatic rings. The number of hydrogen-bond donors (Lipinski definition) is 0. The van der Waals surface area contributed by atoms with Gasteiger partial charge in [0.15, 0.2) is 4.80 Å². The Kier molecular flexibility index (Phi) is 5.32. The average molecular weight is 370 g/mol. The molecule has 1 aromatic heterocycles. The number of carbonyl (C=O) groups is 1. The number of benzene rings is 2. The summed E-state index contributed by atoms with van der Waals surface area (Å²) >= 11 is 1.29. The quantitative estimate of drug-likeness (QED) is 0.637. The normalized spacial score (nSPS) is 11.7. The Morgan fingerprint density at radius 2 is 2.15 bits per heavy atom. The molecule has 0 saturated heterocycles. The van der Waals surface area contributed by atoms with Gasteiger partial charge in [-0.1, -0.05) is 29.5 Å². The topological polar surface area (TPSA) is 43.6 Å². The molecule has 1 heterocycles. The Labute approximate surface area is 154 Å². The summed E-state index contributed by atoms with van der Waals surface area (Å²) in [7, 11) is 1.62. The molecule has 0 saturated carbocycles. The van der Waals surface area contributed by atoms with Gasteiger partial charge in [0, 0.05) is 6.54 Å². The second-order valence-corrected chi connectivity index (χ2v) is 6.89. The van der Waals surface area contributed by atoms with E-state index >= 15 is 0 Å². The lowest BCUT2D eigenvalue weighted by Crippen LogP contribution is -2.17. The standard InChI is InChI=1S/C20H19FN2O2S/c1-4-9-23-16-7-6-15(21)12-18(16)26-20(23)22-19(24)11-14-5-8-17(25-3)13(2)10-14/h4-8,10,12H,1,9,11H2,2-3H3. The maximum absolute atomic E-state index is 13.5. The fourth-order valence-corrected chi connectivity index (χ4v) is 3.89. The van der Waals surface area contributed by atoms with Gasteiger partial charge in [-0.05, 0) is 42.3 Å². The van der Waals surface area contributed by atoms with Crippen LogP contribution in [0.2, 0.25) is 0 Å². The monoisotopic (exact) mass is 370 g/mol. The minimum Gasteiger partial charge on any atom is -0.496 e. The van der Waals surface area contributed by atoms with Crippen molar-refractivity contribution in [2.75, 3.05) is 7.11 Å². The fraction of sp³-hybridized carbons (Fsp3) is 0.200.